The summed E-state index contributed by atoms with van der Waals surface area (Å²) in [5.41, 5.74) is 1.31. The summed E-state index contributed by atoms with van der Waals surface area (Å²) in [5.74, 6) is -1.09. The lowest BCUT2D eigenvalue weighted by molar-refractivity contribution is -0.152. The van der Waals surface area contributed by atoms with Crippen LogP contribution in [-0.2, 0) is 20.7 Å². The van der Waals surface area contributed by atoms with Crippen LogP contribution in [0.3, 0.4) is 0 Å². The molecule has 2 N–H and O–H groups in total. The zero-order valence-electron chi connectivity index (χ0n) is 14.2. The lowest BCUT2D eigenvalue weighted by atomic mass is 10.1. The number of aromatic hydroxyl groups is 1. The number of para-hydroxylation sites is 1. The second-order valence-corrected chi connectivity index (χ2v) is 6.65. The maximum absolute atomic E-state index is 12.3. The maximum Gasteiger partial charge on any atom is 0.311 e. The molecule has 0 aliphatic carbocycles. The molecule has 2 aromatic carbocycles. The molecule has 3 aromatic rings. The number of anilines is 1. The van der Waals surface area contributed by atoms with Crippen molar-refractivity contribution in [2.24, 2.45) is 0 Å². The van der Waals surface area contributed by atoms with Crippen LogP contribution < -0.4 is 5.32 Å². The van der Waals surface area contributed by atoms with E-state index in [9.17, 15) is 14.7 Å². The normalized spacial score (nSPS) is 12.0. The van der Waals surface area contributed by atoms with E-state index in [4.69, 9.17) is 32.4 Å². The summed E-state index contributed by atoms with van der Waals surface area (Å²) in [5, 5.41) is 13.2. The molecule has 1 amide bonds. The van der Waals surface area contributed by atoms with E-state index in [1.165, 1.54) is 25.3 Å². The van der Waals surface area contributed by atoms with Crippen LogP contribution in [0.25, 0.3) is 11.0 Å². The lowest BCUT2D eigenvalue weighted by Gasteiger charge is -2.15. The second kappa shape index (κ2) is 7.90. The third-order valence-corrected chi connectivity index (χ3v) is 4.49. The van der Waals surface area contributed by atoms with Gasteiger partial charge in [-0.1, -0.05) is 29.3 Å². The zero-order chi connectivity index (χ0) is 19.6. The van der Waals surface area contributed by atoms with Gasteiger partial charge in [-0.2, -0.15) is 0 Å². The first-order valence-corrected chi connectivity index (χ1v) is 8.74. The molecule has 0 aliphatic heterocycles. The largest absolute Gasteiger partial charge is 0.508 e. The highest BCUT2D eigenvalue weighted by Crippen LogP contribution is 2.30. The van der Waals surface area contributed by atoms with Crippen molar-refractivity contribution in [3.8, 4) is 5.75 Å². The minimum atomic E-state index is -1.05. The van der Waals surface area contributed by atoms with Crippen LogP contribution in [0.15, 0.2) is 47.1 Å². The number of fused-ring (bicyclic) bond motifs is 1. The number of rotatable bonds is 5. The number of hydrogen-bond donors (Lipinski definition) is 2. The summed E-state index contributed by atoms with van der Waals surface area (Å²) < 4.78 is 10.5. The highest BCUT2D eigenvalue weighted by Gasteiger charge is 2.21. The Kier molecular flexibility index (Phi) is 5.58. The summed E-state index contributed by atoms with van der Waals surface area (Å²) in [6.07, 6.45) is 0.286. The molecule has 0 radical (unpaired) electrons. The van der Waals surface area contributed by atoms with E-state index in [-0.39, 0.29) is 27.9 Å². The summed E-state index contributed by atoms with van der Waals surface area (Å²) in [6, 6.07) is 9.41. The van der Waals surface area contributed by atoms with Crippen LogP contribution in [0.2, 0.25) is 10.0 Å². The fourth-order valence-electron chi connectivity index (χ4n) is 2.50. The molecule has 27 heavy (non-hydrogen) atoms. The number of phenolic OH excluding ortho intramolecular Hbond substituents is 1. The monoisotopic (exact) mass is 407 g/mol. The van der Waals surface area contributed by atoms with Gasteiger partial charge in [0.15, 0.2) is 6.10 Å². The predicted octanol–water partition coefficient (Wildman–Crippen LogP) is 4.56. The number of carbonyl (C=O) groups is 2. The molecule has 0 fully saturated rings. The standard InChI is InChI=1S/C19H15Cl2NO5/c1-10(19(25)22-18-14(20)3-2-4-15(18)21)27-17(24)7-11-9-26-16-8-12(23)5-6-13(11)16/h2-6,8-10,23H,7H2,1H3,(H,22,25)/t10-/m0/s1. The summed E-state index contributed by atoms with van der Waals surface area (Å²) in [6.45, 7) is 1.45. The van der Waals surface area contributed by atoms with Gasteiger partial charge in [0, 0.05) is 17.0 Å². The first-order chi connectivity index (χ1) is 12.8. The van der Waals surface area contributed by atoms with E-state index in [1.807, 2.05) is 0 Å². The van der Waals surface area contributed by atoms with Gasteiger partial charge in [-0.3, -0.25) is 9.59 Å². The average molecular weight is 408 g/mol. The molecule has 1 atom stereocenters. The van der Waals surface area contributed by atoms with Gasteiger partial charge in [-0.15, -0.1) is 0 Å². The van der Waals surface area contributed by atoms with Gasteiger partial charge >= 0.3 is 5.97 Å². The fraction of sp³-hybridized carbons (Fsp3) is 0.158. The Balaban J connectivity index is 1.63. The summed E-state index contributed by atoms with van der Waals surface area (Å²) in [4.78, 5) is 24.4. The Bertz CT molecular complexity index is 994. The van der Waals surface area contributed by atoms with Crippen LogP contribution in [-0.4, -0.2) is 23.1 Å². The highest BCUT2D eigenvalue weighted by atomic mass is 35.5. The molecule has 140 valence electrons. The van der Waals surface area contributed by atoms with Crippen molar-refractivity contribution >= 4 is 51.7 Å². The Labute approximate surface area is 164 Å². The Morgan fingerprint density at radius 2 is 1.93 bits per heavy atom. The number of furan rings is 1. The molecule has 0 saturated heterocycles. The van der Waals surface area contributed by atoms with Gasteiger partial charge < -0.3 is 19.6 Å². The van der Waals surface area contributed by atoms with Gasteiger partial charge in [0.05, 0.1) is 28.4 Å². The van der Waals surface area contributed by atoms with Crippen molar-refractivity contribution in [3.05, 3.63) is 58.3 Å². The van der Waals surface area contributed by atoms with Crippen LogP contribution in [0, 0.1) is 0 Å². The Hall–Kier alpha value is -2.70. The van der Waals surface area contributed by atoms with Crippen LogP contribution in [0.5, 0.6) is 5.75 Å². The number of phenols is 1. The van der Waals surface area contributed by atoms with Crippen LogP contribution in [0.1, 0.15) is 12.5 Å². The summed E-state index contributed by atoms with van der Waals surface area (Å²) in [7, 11) is 0. The number of carbonyl (C=O) groups excluding carboxylic acids is 2. The topological polar surface area (TPSA) is 88.8 Å². The number of ether oxygens (including phenoxy) is 1. The van der Waals surface area contributed by atoms with Crippen molar-refractivity contribution in [2.45, 2.75) is 19.4 Å². The second-order valence-electron chi connectivity index (χ2n) is 5.84. The third kappa shape index (κ3) is 4.35. The average Bonchev–Trinajstić information content (AvgIpc) is 2.99. The van der Waals surface area contributed by atoms with Crippen molar-refractivity contribution in [1.82, 2.24) is 0 Å². The first-order valence-electron chi connectivity index (χ1n) is 7.98. The van der Waals surface area contributed by atoms with Gasteiger partial charge in [0.25, 0.3) is 5.91 Å². The lowest BCUT2D eigenvalue weighted by Crippen LogP contribution is -2.30. The van der Waals surface area contributed by atoms with Crippen molar-refractivity contribution < 1.29 is 23.8 Å². The molecule has 0 saturated carbocycles. The number of esters is 1. The minimum absolute atomic E-state index is 0.0644. The molecule has 1 aromatic heterocycles. The van der Waals surface area contributed by atoms with E-state index in [1.54, 1.807) is 24.3 Å². The molecule has 8 heteroatoms. The predicted molar refractivity (Wildman–Crippen MR) is 102 cm³/mol. The van der Waals surface area contributed by atoms with Gasteiger partial charge in [-0.25, -0.2) is 0 Å². The number of amides is 1. The number of halogens is 2. The number of nitrogens with one attached hydrogen (secondary N) is 1. The van der Waals surface area contributed by atoms with Gasteiger partial charge in [-0.05, 0) is 31.2 Å². The number of hydrogen-bond acceptors (Lipinski definition) is 5. The highest BCUT2D eigenvalue weighted by molar-refractivity contribution is 6.39. The van der Waals surface area contributed by atoms with Crippen LogP contribution >= 0.6 is 23.2 Å². The quantitative estimate of drug-likeness (QED) is 0.605. The molecule has 3 rings (SSSR count). The molecular weight excluding hydrogens is 393 g/mol. The van der Waals surface area contributed by atoms with Gasteiger partial charge in [0.1, 0.15) is 11.3 Å². The smallest absolute Gasteiger partial charge is 0.311 e. The van der Waals surface area contributed by atoms with Crippen molar-refractivity contribution in [2.75, 3.05) is 5.32 Å². The van der Waals surface area contributed by atoms with Crippen LogP contribution in [0.4, 0.5) is 5.69 Å². The molecular formula is C19H15Cl2NO5. The van der Waals surface area contributed by atoms with E-state index >= 15 is 0 Å². The Morgan fingerprint density at radius 3 is 2.63 bits per heavy atom. The Morgan fingerprint density at radius 1 is 1.22 bits per heavy atom. The minimum Gasteiger partial charge on any atom is -0.508 e. The molecule has 0 spiro atoms. The molecule has 1 heterocycles. The SMILES string of the molecule is C[C@H](OC(=O)Cc1coc2cc(O)ccc12)C(=O)Nc1c(Cl)cccc1Cl. The fourth-order valence-corrected chi connectivity index (χ4v) is 2.99. The van der Waals surface area contributed by atoms with E-state index in [0.717, 1.165) is 0 Å². The molecule has 0 unspecified atom stereocenters. The third-order valence-electron chi connectivity index (χ3n) is 3.86. The van der Waals surface area contributed by atoms with E-state index in [2.05, 4.69) is 5.32 Å². The molecule has 0 bridgehead atoms. The van der Waals surface area contributed by atoms with E-state index in [0.29, 0.717) is 16.5 Å². The number of benzene rings is 2. The maximum atomic E-state index is 12.3. The van der Waals surface area contributed by atoms with Crippen molar-refractivity contribution in [1.29, 1.82) is 0 Å². The van der Waals surface area contributed by atoms with Gasteiger partial charge in [0.2, 0.25) is 0 Å². The summed E-state index contributed by atoms with van der Waals surface area (Å²) >= 11 is 12.0. The zero-order valence-corrected chi connectivity index (χ0v) is 15.7. The molecule has 6 nitrogen and oxygen atoms in total. The first kappa shape index (κ1) is 19.1. The van der Waals surface area contributed by atoms with E-state index < -0.39 is 18.0 Å². The van der Waals surface area contributed by atoms with Crippen molar-refractivity contribution in [3.63, 3.8) is 0 Å². The molecule has 0 aliphatic rings.